The number of hydrogen-bond donors (Lipinski definition) is 3. The van der Waals surface area contributed by atoms with Crippen LogP contribution in [0.5, 0.6) is 0 Å². The number of carboxylic acid groups (broad SMARTS) is 1. The molecule has 2 aromatic carbocycles. The normalized spacial score (nSPS) is 11.4. The molecule has 0 fully saturated rings. The maximum absolute atomic E-state index is 11.5. The fourth-order valence-corrected chi connectivity index (χ4v) is 2.95. The summed E-state index contributed by atoms with van der Waals surface area (Å²) in [6.07, 6.45) is 0. The molecule has 7 heteroatoms. The van der Waals surface area contributed by atoms with E-state index in [-0.39, 0.29) is 12.1 Å². The lowest BCUT2D eigenvalue weighted by Gasteiger charge is -2.19. The van der Waals surface area contributed by atoms with Crippen LogP contribution in [0.15, 0.2) is 36.4 Å². The second kappa shape index (κ2) is 6.74. The highest BCUT2D eigenvalue weighted by atomic mass is 16.4. The topological polar surface area (TPSA) is 111 Å². The van der Waals surface area contributed by atoms with Gasteiger partial charge in [0.25, 0.3) is 0 Å². The van der Waals surface area contributed by atoms with Gasteiger partial charge < -0.3 is 15.5 Å². The van der Waals surface area contributed by atoms with Gasteiger partial charge in [-0.1, -0.05) is 6.07 Å². The number of aliphatic hydroxyl groups is 1. The molecule has 3 aromatic rings. The molecule has 0 aliphatic heterocycles. The summed E-state index contributed by atoms with van der Waals surface area (Å²) in [5.74, 6) is -1.00. The number of carboxylic acids is 1. The molecule has 3 N–H and O–H groups in total. The van der Waals surface area contributed by atoms with Crippen molar-refractivity contribution < 1.29 is 15.0 Å². The third kappa shape index (κ3) is 3.61. The summed E-state index contributed by atoms with van der Waals surface area (Å²) in [6.45, 7) is 5.39. The Bertz CT molecular complexity index is 1070. The Morgan fingerprint density at radius 2 is 2.07 bits per heavy atom. The van der Waals surface area contributed by atoms with Crippen LogP contribution in [0.3, 0.4) is 0 Å². The van der Waals surface area contributed by atoms with Gasteiger partial charge in [-0.05, 0) is 51.1 Å². The Morgan fingerprint density at radius 1 is 1.33 bits per heavy atom. The van der Waals surface area contributed by atoms with Gasteiger partial charge in [0.1, 0.15) is 6.07 Å². The van der Waals surface area contributed by atoms with Crippen LogP contribution >= 0.6 is 0 Å². The van der Waals surface area contributed by atoms with E-state index in [1.54, 1.807) is 55.8 Å². The first-order valence-electron chi connectivity index (χ1n) is 8.43. The number of fused-ring (bicyclic) bond motifs is 1. The standard InChI is InChI=1S/C20H20N4O3/c1-12-18-15(19(25)26)5-4-6-17(18)24(23-12)14-8-7-13(10-21)16(9-14)22-11-20(2,3)27/h4-9,22,27H,11H2,1-3H3,(H,25,26). The molecule has 0 saturated heterocycles. The fraction of sp³-hybridized carbons (Fsp3) is 0.250. The monoisotopic (exact) mass is 364 g/mol. The number of anilines is 1. The van der Waals surface area contributed by atoms with E-state index >= 15 is 0 Å². The SMILES string of the molecule is Cc1nn(-c2ccc(C#N)c(NCC(C)(C)O)c2)c2cccc(C(=O)O)c12. The highest BCUT2D eigenvalue weighted by Crippen LogP contribution is 2.27. The average molecular weight is 364 g/mol. The van der Waals surface area contributed by atoms with Gasteiger partial charge in [-0.3, -0.25) is 0 Å². The number of nitrogens with zero attached hydrogens (tertiary/aromatic N) is 3. The van der Waals surface area contributed by atoms with E-state index < -0.39 is 11.6 Å². The van der Waals surface area contributed by atoms with Crippen molar-refractivity contribution in [3.8, 4) is 11.8 Å². The zero-order valence-electron chi connectivity index (χ0n) is 15.3. The van der Waals surface area contributed by atoms with E-state index in [4.69, 9.17) is 0 Å². The Labute approximate surface area is 156 Å². The van der Waals surface area contributed by atoms with Gasteiger partial charge in [-0.15, -0.1) is 0 Å². The van der Waals surface area contributed by atoms with E-state index in [1.807, 2.05) is 6.07 Å². The van der Waals surface area contributed by atoms with Gasteiger partial charge >= 0.3 is 5.97 Å². The van der Waals surface area contributed by atoms with Crippen molar-refractivity contribution in [3.05, 3.63) is 53.2 Å². The smallest absolute Gasteiger partial charge is 0.336 e. The van der Waals surface area contributed by atoms with Gasteiger partial charge in [0.15, 0.2) is 0 Å². The number of benzene rings is 2. The lowest BCUT2D eigenvalue weighted by atomic mass is 10.1. The molecule has 138 valence electrons. The molecule has 3 rings (SSSR count). The van der Waals surface area contributed by atoms with Crippen molar-refractivity contribution in [2.45, 2.75) is 26.4 Å². The van der Waals surface area contributed by atoms with Gasteiger partial charge in [0.2, 0.25) is 0 Å². The first kappa shape index (κ1) is 18.4. The summed E-state index contributed by atoms with van der Waals surface area (Å²) in [5, 5.41) is 36.9. The Hall–Kier alpha value is -3.37. The van der Waals surface area contributed by atoms with Crippen molar-refractivity contribution >= 4 is 22.6 Å². The molecule has 0 atom stereocenters. The summed E-state index contributed by atoms with van der Waals surface area (Å²) in [5.41, 5.74) is 2.26. The third-order valence-electron chi connectivity index (χ3n) is 4.19. The molecule has 0 saturated carbocycles. The number of nitriles is 1. The molecule has 0 aliphatic carbocycles. The van der Waals surface area contributed by atoms with Crippen LogP contribution < -0.4 is 5.32 Å². The minimum Gasteiger partial charge on any atom is -0.478 e. The summed E-state index contributed by atoms with van der Waals surface area (Å²) in [6, 6.07) is 12.4. The molecule has 0 radical (unpaired) electrons. The van der Waals surface area contributed by atoms with Crippen molar-refractivity contribution in [3.63, 3.8) is 0 Å². The number of carbonyl (C=O) groups is 1. The molecule has 0 unspecified atom stereocenters. The number of aromatic nitrogens is 2. The lowest BCUT2D eigenvalue weighted by Crippen LogP contribution is -2.29. The number of aromatic carboxylic acids is 1. The van der Waals surface area contributed by atoms with Crippen LogP contribution in [0, 0.1) is 18.3 Å². The van der Waals surface area contributed by atoms with Crippen LogP contribution in [0.2, 0.25) is 0 Å². The zero-order chi connectivity index (χ0) is 19.8. The Kier molecular flexibility index (Phi) is 4.60. The van der Waals surface area contributed by atoms with Gasteiger partial charge in [-0.25, -0.2) is 9.48 Å². The molecule has 1 aromatic heterocycles. The van der Waals surface area contributed by atoms with E-state index in [9.17, 15) is 20.3 Å². The summed E-state index contributed by atoms with van der Waals surface area (Å²) < 4.78 is 1.66. The molecule has 1 heterocycles. The van der Waals surface area contributed by atoms with E-state index in [2.05, 4.69) is 16.5 Å². The third-order valence-corrected chi connectivity index (χ3v) is 4.19. The first-order chi connectivity index (χ1) is 12.7. The van der Waals surface area contributed by atoms with Crippen molar-refractivity contribution in [1.29, 1.82) is 5.26 Å². The van der Waals surface area contributed by atoms with Gasteiger partial charge in [-0.2, -0.15) is 10.4 Å². The average Bonchev–Trinajstić information content (AvgIpc) is 2.96. The van der Waals surface area contributed by atoms with E-state index in [1.165, 1.54) is 0 Å². The number of rotatable bonds is 5. The number of aryl methyl sites for hydroxylation is 1. The highest BCUT2D eigenvalue weighted by Gasteiger charge is 2.18. The molecule has 7 nitrogen and oxygen atoms in total. The highest BCUT2D eigenvalue weighted by molar-refractivity contribution is 6.04. The second-order valence-electron chi connectivity index (χ2n) is 7.01. The summed E-state index contributed by atoms with van der Waals surface area (Å²) in [7, 11) is 0. The van der Waals surface area contributed by atoms with Crippen molar-refractivity contribution in [2.75, 3.05) is 11.9 Å². The van der Waals surface area contributed by atoms with Crippen LogP contribution in [-0.4, -0.2) is 38.1 Å². The zero-order valence-corrected chi connectivity index (χ0v) is 15.3. The van der Waals surface area contributed by atoms with Crippen LogP contribution in [0.25, 0.3) is 16.6 Å². The maximum atomic E-state index is 11.5. The molecule has 0 bridgehead atoms. The number of nitrogens with one attached hydrogen (secondary N) is 1. The van der Waals surface area contributed by atoms with Gasteiger partial charge in [0, 0.05) is 11.9 Å². The van der Waals surface area contributed by atoms with Gasteiger partial charge in [0.05, 0.1) is 39.3 Å². The van der Waals surface area contributed by atoms with Crippen molar-refractivity contribution in [2.24, 2.45) is 0 Å². The molecule has 0 spiro atoms. The minimum absolute atomic E-state index is 0.199. The van der Waals surface area contributed by atoms with Crippen molar-refractivity contribution in [1.82, 2.24) is 9.78 Å². The lowest BCUT2D eigenvalue weighted by molar-refractivity contribution is 0.0698. The van der Waals surface area contributed by atoms with E-state index in [0.717, 1.165) is 0 Å². The predicted molar refractivity (Wildman–Crippen MR) is 102 cm³/mol. The minimum atomic E-state index is -1.00. The Balaban J connectivity index is 2.13. The quantitative estimate of drug-likeness (QED) is 0.641. The fourth-order valence-electron chi connectivity index (χ4n) is 2.95. The second-order valence-corrected chi connectivity index (χ2v) is 7.01. The van der Waals surface area contributed by atoms with Crippen LogP contribution in [0.1, 0.15) is 35.5 Å². The largest absolute Gasteiger partial charge is 0.478 e. The summed E-state index contributed by atoms with van der Waals surface area (Å²) >= 11 is 0. The number of hydrogen-bond acceptors (Lipinski definition) is 5. The van der Waals surface area contributed by atoms with E-state index in [0.29, 0.717) is 33.5 Å². The van der Waals surface area contributed by atoms with Crippen LogP contribution in [-0.2, 0) is 0 Å². The summed E-state index contributed by atoms with van der Waals surface area (Å²) in [4.78, 5) is 11.5. The molecular formula is C20H20N4O3. The predicted octanol–water partition coefficient (Wildman–Crippen LogP) is 3.09. The maximum Gasteiger partial charge on any atom is 0.336 e. The molecular weight excluding hydrogens is 344 g/mol. The first-order valence-corrected chi connectivity index (χ1v) is 8.43. The Morgan fingerprint density at radius 3 is 2.70 bits per heavy atom. The molecule has 27 heavy (non-hydrogen) atoms. The molecule has 0 aliphatic rings. The van der Waals surface area contributed by atoms with Crippen LogP contribution in [0.4, 0.5) is 5.69 Å². The molecule has 0 amide bonds.